The first kappa shape index (κ1) is 10.1. The van der Waals surface area contributed by atoms with Gasteiger partial charge in [-0.25, -0.2) is 0 Å². The first-order chi connectivity index (χ1) is 4.02. The monoisotopic (exact) mass is 173 g/mol. The highest BCUT2D eigenvalue weighted by atomic mass is 32.1. The average molecular weight is 173 g/mol. The van der Waals surface area contributed by atoms with Crippen LogP contribution in [0.1, 0.15) is 12.8 Å². The fourth-order valence-electron chi connectivity index (χ4n) is 0.723. The highest BCUT2D eigenvalue weighted by Gasteiger charge is 2.46. The number of rotatable bonds is 1. The fraction of sp³-hybridized carbons (Fsp3) is 1.00. The van der Waals surface area contributed by atoms with Crippen LogP contribution in [-0.2, 0) is 0 Å². The summed E-state index contributed by atoms with van der Waals surface area (Å²) in [6.07, 6.45) is -2.90. The Hall–Kier alpha value is 0.100. The Kier molecular flexibility index (Phi) is 3.03. The van der Waals surface area contributed by atoms with Gasteiger partial charge in [0.25, 0.3) is 0 Å². The van der Waals surface area contributed by atoms with Gasteiger partial charge in [0.1, 0.15) is 6.04 Å². The van der Waals surface area contributed by atoms with Crippen LogP contribution >= 0.6 is 13.5 Å². The van der Waals surface area contributed by atoms with Gasteiger partial charge in [-0.05, 0) is 18.8 Å². The molecule has 0 aromatic rings. The summed E-state index contributed by atoms with van der Waals surface area (Å²) < 4.78 is 34.8. The van der Waals surface area contributed by atoms with Crippen molar-refractivity contribution in [3.63, 3.8) is 0 Å². The maximum atomic E-state index is 11.6. The summed E-state index contributed by atoms with van der Waals surface area (Å²) in [6.45, 7) is 0. The molecule has 1 saturated carbocycles. The maximum absolute atomic E-state index is 11.6. The SMILES string of the molecule is N[C@@H](C1CC1)C(F)(F)F.S. The number of hydrogen-bond acceptors (Lipinski definition) is 1. The van der Waals surface area contributed by atoms with Crippen molar-refractivity contribution in [2.75, 3.05) is 0 Å². The molecule has 0 aliphatic heterocycles. The van der Waals surface area contributed by atoms with Crippen molar-refractivity contribution in [1.29, 1.82) is 0 Å². The summed E-state index contributed by atoms with van der Waals surface area (Å²) in [6, 6.07) is -1.57. The molecule has 62 valence electrons. The molecule has 0 saturated heterocycles. The zero-order chi connectivity index (χ0) is 7.07. The van der Waals surface area contributed by atoms with Crippen molar-refractivity contribution in [1.82, 2.24) is 0 Å². The maximum Gasteiger partial charge on any atom is 0.403 e. The van der Waals surface area contributed by atoms with Gasteiger partial charge in [0.05, 0.1) is 0 Å². The number of hydrogen-bond donors (Lipinski definition) is 1. The average Bonchev–Trinajstić information content (AvgIpc) is 2.40. The van der Waals surface area contributed by atoms with Gasteiger partial charge in [0, 0.05) is 0 Å². The molecule has 0 aromatic heterocycles. The van der Waals surface area contributed by atoms with Gasteiger partial charge in [-0.15, -0.1) is 0 Å². The zero-order valence-corrected chi connectivity index (χ0v) is 6.28. The highest BCUT2D eigenvalue weighted by molar-refractivity contribution is 7.59. The molecule has 0 bridgehead atoms. The van der Waals surface area contributed by atoms with Crippen molar-refractivity contribution in [2.24, 2.45) is 11.7 Å². The molecule has 0 spiro atoms. The van der Waals surface area contributed by atoms with Crippen LogP contribution in [0.2, 0.25) is 0 Å². The van der Waals surface area contributed by atoms with E-state index in [-0.39, 0.29) is 19.4 Å². The lowest BCUT2D eigenvalue weighted by Gasteiger charge is -2.13. The summed E-state index contributed by atoms with van der Waals surface area (Å²) in [5.41, 5.74) is 4.83. The van der Waals surface area contributed by atoms with Crippen LogP contribution < -0.4 is 5.73 Å². The second-order valence-electron chi connectivity index (χ2n) is 2.40. The van der Waals surface area contributed by atoms with Crippen LogP contribution in [0.25, 0.3) is 0 Å². The molecule has 10 heavy (non-hydrogen) atoms. The Labute approximate surface area is 64.2 Å². The Bertz CT molecular complexity index is 110. The van der Waals surface area contributed by atoms with Crippen molar-refractivity contribution in [2.45, 2.75) is 25.1 Å². The summed E-state index contributed by atoms with van der Waals surface area (Å²) >= 11 is 0. The molecule has 1 fully saturated rings. The van der Waals surface area contributed by atoms with Gasteiger partial charge in [0.15, 0.2) is 0 Å². The van der Waals surface area contributed by atoms with E-state index in [1.807, 2.05) is 0 Å². The standard InChI is InChI=1S/C5H8F3N.H2S/c6-5(7,8)4(9)3-1-2-3;/h3-4H,1-2,9H2;1H2/t4-;/m0./s1. The van der Waals surface area contributed by atoms with E-state index in [1.54, 1.807) is 0 Å². The van der Waals surface area contributed by atoms with Gasteiger partial charge in [-0.3, -0.25) is 0 Å². The van der Waals surface area contributed by atoms with E-state index in [1.165, 1.54) is 0 Å². The van der Waals surface area contributed by atoms with Gasteiger partial charge in [0.2, 0.25) is 0 Å². The molecule has 5 heteroatoms. The van der Waals surface area contributed by atoms with E-state index >= 15 is 0 Å². The Morgan fingerprint density at radius 1 is 1.30 bits per heavy atom. The summed E-state index contributed by atoms with van der Waals surface area (Å²) in [5.74, 6) is -0.287. The van der Waals surface area contributed by atoms with Crippen molar-refractivity contribution >= 4 is 13.5 Å². The summed E-state index contributed by atoms with van der Waals surface area (Å²) in [5, 5.41) is 0. The molecule has 1 aliphatic carbocycles. The van der Waals surface area contributed by atoms with Crippen LogP contribution in [0.5, 0.6) is 0 Å². The second kappa shape index (κ2) is 3.00. The molecule has 0 amide bonds. The number of nitrogens with two attached hydrogens (primary N) is 1. The van der Waals surface area contributed by atoms with Crippen LogP contribution in [0.3, 0.4) is 0 Å². The third kappa shape index (κ3) is 2.38. The molecule has 2 N–H and O–H groups in total. The van der Waals surface area contributed by atoms with Gasteiger partial charge in [-0.2, -0.15) is 26.7 Å². The number of alkyl halides is 3. The van der Waals surface area contributed by atoms with Crippen LogP contribution in [0.15, 0.2) is 0 Å². The van der Waals surface area contributed by atoms with E-state index in [9.17, 15) is 13.2 Å². The molecular weight excluding hydrogens is 163 g/mol. The van der Waals surface area contributed by atoms with E-state index in [0.717, 1.165) is 0 Å². The van der Waals surface area contributed by atoms with Crippen LogP contribution in [0, 0.1) is 5.92 Å². The molecule has 1 atom stereocenters. The molecule has 0 heterocycles. The van der Waals surface area contributed by atoms with Crippen LogP contribution in [0.4, 0.5) is 13.2 Å². The summed E-state index contributed by atoms with van der Waals surface area (Å²) in [7, 11) is 0. The lowest BCUT2D eigenvalue weighted by Crippen LogP contribution is -2.38. The predicted molar refractivity (Wildman–Crippen MR) is 37.1 cm³/mol. The minimum absolute atomic E-state index is 0. The van der Waals surface area contributed by atoms with E-state index in [2.05, 4.69) is 0 Å². The van der Waals surface area contributed by atoms with Crippen molar-refractivity contribution in [3.05, 3.63) is 0 Å². The smallest absolute Gasteiger partial charge is 0.320 e. The van der Waals surface area contributed by atoms with Crippen molar-refractivity contribution in [3.8, 4) is 0 Å². The molecule has 1 rings (SSSR count). The third-order valence-corrected chi connectivity index (χ3v) is 1.51. The third-order valence-electron chi connectivity index (χ3n) is 1.51. The normalized spacial score (nSPS) is 21.6. The van der Waals surface area contributed by atoms with Crippen LogP contribution in [-0.4, -0.2) is 12.2 Å². The topological polar surface area (TPSA) is 26.0 Å². The molecular formula is C5H10F3NS. The zero-order valence-electron chi connectivity index (χ0n) is 5.28. The Morgan fingerprint density at radius 2 is 1.70 bits per heavy atom. The first-order valence-corrected chi connectivity index (χ1v) is 2.84. The fourth-order valence-corrected chi connectivity index (χ4v) is 0.723. The minimum atomic E-state index is -4.18. The highest BCUT2D eigenvalue weighted by Crippen LogP contribution is 2.38. The molecule has 0 radical (unpaired) electrons. The predicted octanol–water partition coefficient (Wildman–Crippen LogP) is 1.40. The van der Waals surface area contributed by atoms with E-state index in [0.29, 0.717) is 12.8 Å². The van der Waals surface area contributed by atoms with Gasteiger partial charge >= 0.3 is 6.18 Å². The molecule has 0 aromatic carbocycles. The number of halogens is 3. The minimum Gasteiger partial charge on any atom is -0.320 e. The van der Waals surface area contributed by atoms with E-state index in [4.69, 9.17) is 5.73 Å². The quantitative estimate of drug-likeness (QED) is 0.637. The summed E-state index contributed by atoms with van der Waals surface area (Å²) in [4.78, 5) is 0. The Morgan fingerprint density at radius 3 is 1.80 bits per heavy atom. The molecule has 1 nitrogen and oxygen atoms in total. The Balaban J connectivity index is 0.000000810. The molecule has 0 unspecified atom stereocenters. The first-order valence-electron chi connectivity index (χ1n) is 2.84. The lowest BCUT2D eigenvalue weighted by atomic mass is 10.2. The van der Waals surface area contributed by atoms with Gasteiger partial charge < -0.3 is 5.73 Å². The molecule has 1 aliphatic rings. The van der Waals surface area contributed by atoms with E-state index < -0.39 is 12.2 Å². The largest absolute Gasteiger partial charge is 0.403 e. The van der Waals surface area contributed by atoms with Crippen molar-refractivity contribution < 1.29 is 13.2 Å². The van der Waals surface area contributed by atoms with Gasteiger partial charge in [-0.1, -0.05) is 0 Å². The second-order valence-corrected chi connectivity index (χ2v) is 2.40. The lowest BCUT2D eigenvalue weighted by molar-refractivity contribution is -0.151.